The number of carbonyl (C=O) groups is 1. The van der Waals surface area contributed by atoms with Gasteiger partial charge in [-0.1, -0.05) is 0 Å². The summed E-state index contributed by atoms with van der Waals surface area (Å²) in [6.07, 6.45) is 0.429. The molecule has 18 heavy (non-hydrogen) atoms. The molecule has 1 saturated heterocycles. The summed E-state index contributed by atoms with van der Waals surface area (Å²) in [5.74, 6) is -1.01. The summed E-state index contributed by atoms with van der Waals surface area (Å²) in [4.78, 5) is 11.2. The number of carboxylic acid groups (broad SMARTS) is 1. The van der Waals surface area contributed by atoms with Crippen molar-refractivity contribution < 1.29 is 18.3 Å². The summed E-state index contributed by atoms with van der Waals surface area (Å²) in [6, 6.07) is 0. The smallest absolute Gasteiger partial charge is 0.331 e. The van der Waals surface area contributed by atoms with Crippen LogP contribution < -0.4 is 0 Å². The SMILES string of the molecule is CC(C)(C(=O)O)n1nnnc1C1CCS(=O)(=O)C1. The maximum absolute atomic E-state index is 11.4. The number of rotatable bonds is 3. The van der Waals surface area contributed by atoms with Crippen LogP contribution in [0, 0.1) is 0 Å². The highest BCUT2D eigenvalue weighted by molar-refractivity contribution is 7.91. The quantitative estimate of drug-likeness (QED) is 0.782. The van der Waals surface area contributed by atoms with Crippen molar-refractivity contribution in [3.63, 3.8) is 0 Å². The molecule has 100 valence electrons. The van der Waals surface area contributed by atoms with E-state index in [9.17, 15) is 13.2 Å². The average molecular weight is 274 g/mol. The molecule has 9 heteroatoms. The minimum atomic E-state index is -3.06. The zero-order valence-corrected chi connectivity index (χ0v) is 10.9. The van der Waals surface area contributed by atoms with E-state index in [0.29, 0.717) is 12.2 Å². The van der Waals surface area contributed by atoms with Gasteiger partial charge in [-0.05, 0) is 30.7 Å². The molecule has 0 spiro atoms. The number of aromatic nitrogens is 4. The molecule has 1 aliphatic rings. The summed E-state index contributed by atoms with van der Waals surface area (Å²) < 4.78 is 24.1. The van der Waals surface area contributed by atoms with Crippen molar-refractivity contribution in [2.24, 2.45) is 0 Å². The molecular formula is C9H14N4O4S. The van der Waals surface area contributed by atoms with Crippen molar-refractivity contribution >= 4 is 15.8 Å². The minimum Gasteiger partial charge on any atom is -0.479 e. The second kappa shape index (κ2) is 4.01. The summed E-state index contributed by atoms with van der Waals surface area (Å²) in [5.41, 5.74) is -1.30. The lowest BCUT2D eigenvalue weighted by molar-refractivity contribution is -0.146. The summed E-state index contributed by atoms with van der Waals surface area (Å²) in [7, 11) is -3.06. The fourth-order valence-corrected chi connectivity index (χ4v) is 3.68. The summed E-state index contributed by atoms with van der Waals surface area (Å²) in [6.45, 7) is 2.94. The van der Waals surface area contributed by atoms with Gasteiger partial charge in [0.1, 0.15) is 0 Å². The molecule has 0 aliphatic carbocycles. The lowest BCUT2D eigenvalue weighted by Gasteiger charge is -2.21. The van der Waals surface area contributed by atoms with Crippen LogP contribution in [0.15, 0.2) is 0 Å². The van der Waals surface area contributed by atoms with E-state index in [1.54, 1.807) is 0 Å². The fraction of sp³-hybridized carbons (Fsp3) is 0.778. The first-order valence-corrected chi connectivity index (χ1v) is 7.29. The van der Waals surface area contributed by atoms with Gasteiger partial charge >= 0.3 is 5.97 Å². The third kappa shape index (κ3) is 2.09. The Morgan fingerprint density at radius 1 is 1.50 bits per heavy atom. The second-order valence-corrected chi connectivity index (χ2v) is 7.14. The average Bonchev–Trinajstić information content (AvgIpc) is 2.83. The van der Waals surface area contributed by atoms with Crippen molar-refractivity contribution in [2.75, 3.05) is 11.5 Å². The molecule has 0 aromatic carbocycles. The maximum atomic E-state index is 11.4. The third-order valence-electron chi connectivity index (χ3n) is 3.14. The predicted octanol–water partition coefficient (Wildman–Crippen LogP) is -0.605. The molecule has 0 bridgehead atoms. The zero-order valence-electron chi connectivity index (χ0n) is 10.1. The Morgan fingerprint density at radius 2 is 2.17 bits per heavy atom. The van der Waals surface area contributed by atoms with Crippen molar-refractivity contribution in [1.29, 1.82) is 0 Å². The van der Waals surface area contributed by atoms with Gasteiger partial charge in [-0.2, -0.15) is 0 Å². The van der Waals surface area contributed by atoms with Crippen molar-refractivity contribution in [2.45, 2.75) is 31.7 Å². The Balaban J connectivity index is 2.38. The molecule has 1 N–H and O–H groups in total. The largest absolute Gasteiger partial charge is 0.479 e. The van der Waals surface area contributed by atoms with Gasteiger partial charge in [0.25, 0.3) is 0 Å². The van der Waals surface area contributed by atoms with E-state index in [0.717, 1.165) is 0 Å². The molecule has 1 aromatic rings. The minimum absolute atomic E-state index is 0.0247. The number of hydrogen-bond acceptors (Lipinski definition) is 6. The van der Waals surface area contributed by atoms with Gasteiger partial charge in [0.05, 0.1) is 11.5 Å². The van der Waals surface area contributed by atoms with Crippen molar-refractivity contribution in [1.82, 2.24) is 20.2 Å². The lowest BCUT2D eigenvalue weighted by Crippen LogP contribution is -2.38. The number of sulfone groups is 1. The number of carboxylic acids is 1. The van der Waals surface area contributed by atoms with Gasteiger partial charge in [0.2, 0.25) is 0 Å². The Labute approximate surface area is 104 Å². The lowest BCUT2D eigenvalue weighted by atomic mass is 10.0. The molecule has 1 fully saturated rings. The number of aliphatic carboxylic acids is 1. The van der Waals surface area contributed by atoms with Gasteiger partial charge in [0, 0.05) is 5.92 Å². The summed E-state index contributed by atoms with van der Waals surface area (Å²) in [5, 5.41) is 20.1. The molecule has 1 aliphatic heterocycles. The van der Waals surface area contributed by atoms with Crippen LogP contribution in [-0.4, -0.2) is 51.2 Å². The van der Waals surface area contributed by atoms with E-state index in [4.69, 9.17) is 5.11 Å². The van der Waals surface area contributed by atoms with E-state index < -0.39 is 21.3 Å². The van der Waals surface area contributed by atoms with Crippen LogP contribution >= 0.6 is 0 Å². The van der Waals surface area contributed by atoms with Gasteiger partial charge in [-0.3, -0.25) is 0 Å². The molecule has 2 heterocycles. The number of hydrogen-bond donors (Lipinski definition) is 1. The highest BCUT2D eigenvalue weighted by Gasteiger charge is 2.39. The summed E-state index contributed by atoms with van der Waals surface area (Å²) >= 11 is 0. The highest BCUT2D eigenvalue weighted by atomic mass is 32.2. The van der Waals surface area contributed by atoms with Crippen LogP contribution in [0.3, 0.4) is 0 Å². The standard InChI is InChI=1S/C9H14N4O4S/c1-9(2,8(14)15)13-7(10-11-12-13)6-3-4-18(16,17)5-6/h6H,3-5H2,1-2H3,(H,14,15). The first-order valence-electron chi connectivity index (χ1n) is 5.46. The van der Waals surface area contributed by atoms with E-state index >= 15 is 0 Å². The number of nitrogens with zero attached hydrogens (tertiary/aromatic N) is 4. The topological polar surface area (TPSA) is 115 Å². The van der Waals surface area contributed by atoms with Gasteiger partial charge in [0.15, 0.2) is 21.2 Å². The van der Waals surface area contributed by atoms with E-state index in [1.165, 1.54) is 18.5 Å². The molecule has 0 saturated carbocycles. The Kier molecular flexibility index (Phi) is 2.88. The Morgan fingerprint density at radius 3 is 2.67 bits per heavy atom. The van der Waals surface area contributed by atoms with E-state index in [2.05, 4.69) is 15.5 Å². The molecule has 0 amide bonds. The normalized spacial score (nSPS) is 23.1. The van der Waals surface area contributed by atoms with Crippen LogP contribution in [0.1, 0.15) is 32.0 Å². The van der Waals surface area contributed by atoms with Crippen molar-refractivity contribution in [3.8, 4) is 0 Å². The first-order chi connectivity index (χ1) is 8.24. The van der Waals surface area contributed by atoms with Crippen LogP contribution in [0.2, 0.25) is 0 Å². The predicted molar refractivity (Wildman–Crippen MR) is 60.8 cm³/mol. The van der Waals surface area contributed by atoms with E-state index in [-0.39, 0.29) is 17.4 Å². The molecular weight excluding hydrogens is 260 g/mol. The van der Waals surface area contributed by atoms with Crippen LogP contribution in [0.4, 0.5) is 0 Å². The Bertz CT molecular complexity index is 577. The molecule has 8 nitrogen and oxygen atoms in total. The maximum Gasteiger partial charge on any atom is 0.331 e. The zero-order chi connectivity index (χ0) is 13.6. The number of tetrazole rings is 1. The van der Waals surface area contributed by atoms with Crippen LogP contribution in [0.5, 0.6) is 0 Å². The molecule has 0 radical (unpaired) electrons. The third-order valence-corrected chi connectivity index (χ3v) is 4.91. The molecule has 1 unspecified atom stereocenters. The van der Waals surface area contributed by atoms with Crippen molar-refractivity contribution in [3.05, 3.63) is 5.82 Å². The van der Waals surface area contributed by atoms with Gasteiger partial charge in [-0.15, -0.1) is 5.10 Å². The van der Waals surface area contributed by atoms with Crippen LogP contribution in [-0.2, 0) is 20.2 Å². The van der Waals surface area contributed by atoms with Crippen LogP contribution in [0.25, 0.3) is 0 Å². The second-order valence-electron chi connectivity index (χ2n) is 4.91. The Hall–Kier alpha value is -1.51. The molecule has 1 aromatic heterocycles. The first kappa shape index (κ1) is 12.9. The molecule has 2 rings (SSSR count). The molecule has 1 atom stereocenters. The van der Waals surface area contributed by atoms with E-state index in [1.807, 2.05) is 0 Å². The van der Waals surface area contributed by atoms with Gasteiger partial charge < -0.3 is 5.11 Å². The fourth-order valence-electron chi connectivity index (χ4n) is 1.94. The monoisotopic (exact) mass is 274 g/mol. The highest BCUT2D eigenvalue weighted by Crippen LogP contribution is 2.29. The van der Waals surface area contributed by atoms with Gasteiger partial charge in [-0.25, -0.2) is 17.9 Å².